The van der Waals surface area contributed by atoms with Crippen LogP contribution in [0.2, 0.25) is 0 Å². The summed E-state index contributed by atoms with van der Waals surface area (Å²) in [5.74, 6) is 0. The average molecular weight is 1070 g/mol. The first-order chi connectivity index (χ1) is 37.6. The monoisotopic (exact) mass is 1070 g/mol. The minimum Gasteiger partial charge on any atom is -0.311 e. The van der Waals surface area contributed by atoms with Gasteiger partial charge in [0, 0.05) is 44.5 Å². The number of anilines is 9. The number of thiophene rings is 1. The lowest BCUT2D eigenvalue weighted by Crippen LogP contribution is -2.61. The Morgan fingerprint density at radius 2 is 0.925 bits per heavy atom. The van der Waals surface area contributed by atoms with Crippen molar-refractivity contribution in [3.8, 4) is 0 Å². The Bertz CT molecular complexity index is 3830. The van der Waals surface area contributed by atoms with Crippen molar-refractivity contribution in [1.29, 1.82) is 0 Å². The molecule has 0 radical (unpaired) electrons. The highest BCUT2D eigenvalue weighted by molar-refractivity contribution is 7.26. The molecule has 1 saturated carbocycles. The van der Waals surface area contributed by atoms with Crippen LogP contribution in [0.1, 0.15) is 200 Å². The maximum Gasteiger partial charge on any atom is 0.254 e. The zero-order chi connectivity index (χ0) is 56.2. The van der Waals surface area contributed by atoms with Gasteiger partial charge in [-0.25, -0.2) is 0 Å². The van der Waals surface area contributed by atoms with E-state index in [2.05, 4.69) is 270 Å². The molecule has 7 aromatic carbocycles. The summed E-state index contributed by atoms with van der Waals surface area (Å²) in [6.45, 7) is 39.5. The molecule has 0 amide bonds. The number of para-hydroxylation sites is 2. The summed E-state index contributed by atoms with van der Waals surface area (Å²) >= 11 is 2.06. The van der Waals surface area contributed by atoms with E-state index in [1.165, 1.54) is 119 Å². The van der Waals surface area contributed by atoms with Gasteiger partial charge in [0.2, 0.25) is 0 Å². The predicted molar refractivity (Wildman–Crippen MR) is 347 cm³/mol. The van der Waals surface area contributed by atoms with Gasteiger partial charge in [0.25, 0.3) is 6.71 Å². The highest BCUT2D eigenvalue weighted by Gasteiger charge is 2.55. The van der Waals surface area contributed by atoms with E-state index in [0.717, 1.165) is 36.3 Å². The average Bonchev–Trinajstić information content (AvgIpc) is 1.74. The maximum atomic E-state index is 2.77. The van der Waals surface area contributed by atoms with Gasteiger partial charge in [-0.1, -0.05) is 165 Å². The molecule has 80 heavy (non-hydrogen) atoms. The van der Waals surface area contributed by atoms with E-state index in [0.29, 0.717) is 0 Å². The zero-order valence-corrected chi connectivity index (χ0v) is 51.8. The fourth-order valence-corrected chi connectivity index (χ4v) is 17.5. The third-order valence-corrected chi connectivity index (χ3v) is 22.5. The lowest BCUT2D eigenvalue weighted by Gasteiger charge is -2.48. The third kappa shape index (κ3) is 7.63. The lowest BCUT2D eigenvalue weighted by atomic mass is 9.33. The normalized spacial score (nSPS) is 22.3. The topological polar surface area (TPSA) is 9.72 Å². The van der Waals surface area contributed by atoms with Crippen molar-refractivity contribution in [2.45, 2.75) is 199 Å². The molecule has 2 bridgehead atoms. The number of hydrogen-bond acceptors (Lipinski definition) is 4. The smallest absolute Gasteiger partial charge is 0.254 e. The first-order valence-corrected chi connectivity index (χ1v) is 31.2. The molecular formula is C75H84BN3S. The lowest BCUT2D eigenvalue weighted by molar-refractivity contribution is 0.332. The molecule has 408 valence electrons. The first-order valence-electron chi connectivity index (χ1n) is 30.4. The minimum absolute atomic E-state index is 0.00387. The SMILES string of the molecule is CC(C)(C)c1cc(N2c3cc4c(cc3B3c5c2cc(N(c2ccccc2)c2ccccc2)cc5N(c2ccc5c(c2)C(C)(C)CCC5(C)C)c2sc5cc6c(cc5c23)C2(C)CCC6(C)C2)C(C)(C)CCC4(C)C)cc(C(C)(C)C)c1. The Balaban J connectivity index is 1.17. The fourth-order valence-electron chi connectivity index (χ4n) is 16.2. The number of fused-ring (bicyclic) bond motifs is 13. The summed E-state index contributed by atoms with van der Waals surface area (Å²) in [5.41, 5.74) is 26.4. The standard InChI is InChI=1S/C75H84BN3S/c1-68(2,3)46-35-47(69(4,5)6)37-51(36-46)78-61-43-57-56(72(11,12)31-32-73(57,13)14)42-60(61)76-65-53-41-58-59(75(16)34-33-74(58,15)45-75)44-64(53)80-67(65)79(50-27-28-54-55(38-50)71(9,10)30-29-70(54,7)8)63-40-52(39-62(78)66(63)76)77(48-23-19-17-20-24-48)49-25-21-18-22-26-49/h17-28,35-44H,29-34,45H2,1-16H3. The molecule has 14 rings (SSSR count). The Kier molecular flexibility index (Phi) is 10.9. The molecule has 2 unspecified atom stereocenters. The highest BCUT2D eigenvalue weighted by atomic mass is 32.1. The van der Waals surface area contributed by atoms with Crippen LogP contribution in [0, 0.1) is 0 Å². The van der Waals surface area contributed by atoms with Crippen LogP contribution < -0.4 is 31.1 Å². The summed E-state index contributed by atoms with van der Waals surface area (Å²) < 4.78 is 1.43. The fraction of sp³-hybridized carbons (Fsp3) is 0.413. The summed E-state index contributed by atoms with van der Waals surface area (Å²) in [7, 11) is 0. The van der Waals surface area contributed by atoms with E-state index in [9.17, 15) is 0 Å². The van der Waals surface area contributed by atoms with Crippen molar-refractivity contribution in [3.05, 3.63) is 178 Å². The number of rotatable bonds is 5. The van der Waals surface area contributed by atoms with Crippen molar-refractivity contribution < 1.29 is 0 Å². The van der Waals surface area contributed by atoms with Crippen LogP contribution in [0.5, 0.6) is 0 Å². The molecule has 3 heterocycles. The molecule has 2 aliphatic heterocycles. The van der Waals surface area contributed by atoms with E-state index in [1.54, 1.807) is 11.1 Å². The van der Waals surface area contributed by atoms with Crippen LogP contribution in [0.4, 0.5) is 50.5 Å². The van der Waals surface area contributed by atoms with E-state index in [4.69, 9.17) is 0 Å². The summed E-state index contributed by atoms with van der Waals surface area (Å²) in [6, 6.07) is 53.6. The van der Waals surface area contributed by atoms with Gasteiger partial charge < -0.3 is 14.7 Å². The summed E-state index contributed by atoms with van der Waals surface area (Å²) in [6.07, 6.45) is 8.45. The molecule has 4 aliphatic carbocycles. The van der Waals surface area contributed by atoms with Crippen LogP contribution in [-0.2, 0) is 43.3 Å². The molecule has 3 nitrogen and oxygen atoms in total. The van der Waals surface area contributed by atoms with Crippen molar-refractivity contribution in [1.82, 2.24) is 0 Å². The van der Waals surface area contributed by atoms with E-state index in [-0.39, 0.29) is 50.0 Å². The first kappa shape index (κ1) is 52.1. The van der Waals surface area contributed by atoms with Crippen LogP contribution in [-0.4, -0.2) is 6.71 Å². The summed E-state index contributed by atoms with van der Waals surface area (Å²) in [4.78, 5) is 8.05. The van der Waals surface area contributed by atoms with Gasteiger partial charge in [-0.3, -0.25) is 0 Å². The second kappa shape index (κ2) is 16.8. The van der Waals surface area contributed by atoms with Gasteiger partial charge in [-0.15, -0.1) is 11.3 Å². The summed E-state index contributed by atoms with van der Waals surface area (Å²) in [5, 5.41) is 2.82. The molecule has 1 aromatic heterocycles. The minimum atomic E-state index is -0.0821. The van der Waals surface area contributed by atoms with Gasteiger partial charge in [0.05, 0.1) is 10.7 Å². The van der Waals surface area contributed by atoms with Crippen molar-refractivity contribution in [2.75, 3.05) is 14.7 Å². The maximum absolute atomic E-state index is 2.77. The van der Waals surface area contributed by atoms with Gasteiger partial charge in [-0.2, -0.15) is 0 Å². The van der Waals surface area contributed by atoms with E-state index < -0.39 is 0 Å². The third-order valence-electron chi connectivity index (χ3n) is 21.4. The Hall–Kier alpha value is -6.04. The predicted octanol–water partition coefficient (Wildman–Crippen LogP) is 19.5. The van der Waals surface area contributed by atoms with Crippen molar-refractivity contribution in [3.63, 3.8) is 0 Å². The molecule has 6 aliphatic rings. The van der Waals surface area contributed by atoms with Crippen LogP contribution >= 0.6 is 11.3 Å². The van der Waals surface area contributed by atoms with Crippen LogP contribution in [0.3, 0.4) is 0 Å². The Labute approximate surface area is 483 Å². The van der Waals surface area contributed by atoms with Gasteiger partial charge in [0.1, 0.15) is 0 Å². The van der Waals surface area contributed by atoms with Gasteiger partial charge >= 0.3 is 0 Å². The molecule has 0 spiro atoms. The quantitative estimate of drug-likeness (QED) is 0.159. The molecule has 0 saturated heterocycles. The molecule has 1 fully saturated rings. The van der Waals surface area contributed by atoms with Crippen LogP contribution in [0.15, 0.2) is 133 Å². The van der Waals surface area contributed by atoms with Crippen molar-refractivity contribution >= 4 is 95.0 Å². The molecule has 8 aromatic rings. The number of benzene rings is 7. The molecule has 5 heteroatoms. The second-order valence-electron chi connectivity index (χ2n) is 31.0. The highest BCUT2D eigenvalue weighted by Crippen LogP contribution is 2.62. The van der Waals surface area contributed by atoms with Crippen LogP contribution in [0.25, 0.3) is 10.1 Å². The largest absolute Gasteiger partial charge is 0.311 e. The van der Waals surface area contributed by atoms with E-state index >= 15 is 0 Å². The van der Waals surface area contributed by atoms with Gasteiger partial charge in [-0.05, 0) is 233 Å². The second-order valence-corrected chi connectivity index (χ2v) is 32.0. The molecular weight excluding hydrogens is 986 g/mol. The molecule has 2 atom stereocenters. The number of nitrogens with zero attached hydrogens (tertiary/aromatic N) is 3. The zero-order valence-electron chi connectivity index (χ0n) is 51.0. The van der Waals surface area contributed by atoms with Crippen molar-refractivity contribution in [2.24, 2.45) is 0 Å². The Morgan fingerprint density at radius 3 is 1.48 bits per heavy atom. The number of hydrogen-bond donors (Lipinski definition) is 0. The Morgan fingerprint density at radius 1 is 0.425 bits per heavy atom. The van der Waals surface area contributed by atoms with Gasteiger partial charge in [0.15, 0.2) is 0 Å². The molecule has 0 N–H and O–H groups in total. The van der Waals surface area contributed by atoms with E-state index in [1.807, 2.05) is 0 Å².